The molecule has 0 saturated heterocycles. The number of fused-ring (bicyclic) bond motifs is 3. The van der Waals surface area contributed by atoms with Crippen LogP contribution < -0.4 is 5.32 Å². The summed E-state index contributed by atoms with van der Waals surface area (Å²) in [7, 11) is 0. The standard InChI is InChI=1S/C27H28FN3O2/c28-21-10-6-17(7-11-21)15-24(33)30-27-25(19-4-2-1-3-5-19)31-26-22-12-8-18(16-32)14-20(22)9-13-23(26)29-27/h6-8,10-12,14,19,32H,1-5,9,13,15-16H2,(H,29,30,33). The second-order valence-electron chi connectivity index (χ2n) is 9.09. The number of carbonyl (C=O) groups excluding carboxylic acids is 1. The van der Waals surface area contributed by atoms with E-state index < -0.39 is 0 Å². The number of aliphatic hydroxyl groups excluding tert-OH is 1. The smallest absolute Gasteiger partial charge is 0.229 e. The molecule has 2 aliphatic rings. The average molecular weight is 446 g/mol. The maximum absolute atomic E-state index is 13.2. The molecule has 5 rings (SSSR count). The van der Waals surface area contributed by atoms with Gasteiger partial charge in [-0.2, -0.15) is 0 Å². The van der Waals surface area contributed by atoms with Gasteiger partial charge in [-0.05, 0) is 54.5 Å². The van der Waals surface area contributed by atoms with E-state index in [1.807, 2.05) is 12.1 Å². The molecule has 2 aromatic carbocycles. The van der Waals surface area contributed by atoms with E-state index in [2.05, 4.69) is 11.4 Å². The van der Waals surface area contributed by atoms with Gasteiger partial charge in [-0.25, -0.2) is 14.4 Å². The maximum atomic E-state index is 13.2. The number of halogens is 1. The van der Waals surface area contributed by atoms with E-state index in [9.17, 15) is 14.3 Å². The second kappa shape index (κ2) is 9.40. The molecule has 0 bridgehead atoms. The van der Waals surface area contributed by atoms with Crippen LogP contribution in [0.1, 0.15) is 66.1 Å². The Morgan fingerprint density at radius 3 is 2.52 bits per heavy atom. The van der Waals surface area contributed by atoms with Crippen molar-refractivity contribution in [1.82, 2.24) is 9.97 Å². The van der Waals surface area contributed by atoms with Gasteiger partial charge in [0.25, 0.3) is 0 Å². The van der Waals surface area contributed by atoms with Crippen molar-refractivity contribution in [3.63, 3.8) is 0 Å². The Labute approximate surface area is 193 Å². The highest BCUT2D eigenvalue weighted by molar-refractivity contribution is 5.92. The van der Waals surface area contributed by atoms with Gasteiger partial charge >= 0.3 is 0 Å². The number of amides is 1. The Hall–Kier alpha value is -3.12. The summed E-state index contributed by atoms with van der Waals surface area (Å²) >= 11 is 0. The van der Waals surface area contributed by atoms with Gasteiger partial charge in [0, 0.05) is 11.5 Å². The van der Waals surface area contributed by atoms with Gasteiger partial charge in [-0.1, -0.05) is 49.6 Å². The van der Waals surface area contributed by atoms with Crippen molar-refractivity contribution in [2.45, 2.75) is 63.9 Å². The number of hydrogen-bond donors (Lipinski definition) is 2. The van der Waals surface area contributed by atoms with Gasteiger partial charge in [-0.15, -0.1) is 0 Å². The summed E-state index contributed by atoms with van der Waals surface area (Å²) in [6, 6.07) is 12.0. The number of benzene rings is 2. The van der Waals surface area contributed by atoms with Crippen LogP contribution in [-0.4, -0.2) is 21.0 Å². The minimum Gasteiger partial charge on any atom is -0.392 e. The van der Waals surface area contributed by atoms with Gasteiger partial charge < -0.3 is 10.4 Å². The van der Waals surface area contributed by atoms with Crippen LogP contribution in [0.15, 0.2) is 42.5 Å². The lowest BCUT2D eigenvalue weighted by molar-refractivity contribution is -0.115. The first-order valence-electron chi connectivity index (χ1n) is 11.8. The molecule has 0 radical (unpaired) electrons. The molecule has 2 N–H and O–H groups in total. The number of anilines is 1. The van der Waals surface area contributed by atoms with Crippen molar-refractivity contribution < 1.29 is 14.3 Å². The third kappa shape index (κ3) is 4.67. The van der Waals surface area contributed by atoms with Crippen LogP contribution in [0, 0.1) is 5.82 Å². The van der Waals surface area contributed by atoms with Crippen LogP contribution in [0.4, 0.5) is 10.2 Å². The van der Waals surface area contributed by atoms with E-state index in [1.165, 1.54) is 24.1 Å². The third-order valence-corrected chi connectivity index (χ3v) is 6.76. The van der Waals surface area contributed by atoms with Crippen LogP contribution in [0.5, 0.6) is 0 Å². The maximum Gasteiger partial charge on any atom is 0.229 e. The molecule has 170 valence electrons. The summed E-state index contributed by atoms with van der Waals surface area (Å²) in [5, 5.41) is 12.5. The van der Waals surface area contributed by atoms with Crippen LogP contribution in [0.3, 0.4) is 0 Å². The average Bonchev–Trinajstić information content (AvgIpc) is 2.85. The molecule has 1 fully saturated rings. The first kappa shape index (κ1) is 21.7. The van der Waals surface area contributed by atoms with E-state index >= 15 is 0 Å². The Morgan fingerprint density at radius 2 is 1.76 bits per heavy atom. The number of aliphatic hydroxyl groups is 1. The SMILES string of the molecule is O=C(Cc1ccc(F)cc1)Nc1nc2c(nc1C1CCCCC1)-c1ccc(CO)cc1CC2. The predicted octanol–water partition coefficient (Wildman–Crippen LogP) is 5.10. The fraction of sp³-hybridized carbons (Fsp3) is 0.370. The molecule has 0 unspecified atom stereocenters. The molecule has 1 amide bonds. The molecule has 1 heterocycles. The van der Waals surface area contributed by atoms with E-state index in [0.717, 1.165) is 72.3 Å². The van der Waals surface area contributed by atoms with Crippen LogP contribution in [0.2, 0.25) is 0 Å². The summed E-state index contributed by atoms with van der Waals surface area (Å²) in [4.78, 5) is 22.9. The van der Waals surface area contributed by atoms with Gasteiger partial charge in [0.05, 0.1) is 30.1 Å². The van der Waals surface area contributed by atoms with Crippen molar-refractivity contribution >= 4 is 11.7 Å². The quantitative estimate of drug-likeness (QED) is 0.573. The zero-order valence-corrected chi connectivity index (χ0v) is 18.6. The fourth-order valence-corrected chi connectivity index (χ4v) is 5.03. The number of aromatic nitrogens is 2. The molecule has 5 nitrogen and oxygen atoms in total. The van der Waals surface area contributed by atoms with Crippen molar-refractivity contribution in [3.8, 4) is 11.3 Å². The Kier molecular flexibility index (Phi) is 6.18. The molecule has 0 aliphatic heterocycles. The Balaban J connectivity index is 1.49. The first-order chi connectivity index (χ1) is 16.1. The lowest BCUT2D eigenvalue weighted by atomic mass is 9.85. The number of nitrogens with one attached hydrogen (secondary N) is 1. The molecule has 6 heteroatoms. The zero-order valence-electron chi connectivity index (χ0n) is 18.6. The molecule has 2 aliphatic carbocycles. The minimum absolute atomic E-state index is 0.0260. The molecule has 33 heavy (non-hydrogen) atoms. The topological polar surface area (TPSA) is 75.1 Å². The summed E-state index contributed by atoms with van der Waals surface area (Å²) < 4.78 is 13.2. The highest BCUT2D eigenvalue weighted by Gasteiger charge is 2.27. The summed E-state index contributed by atoms with van der Waals surface area (Å²) in [6.45, 7) is 0.0260. The van der Waals surface area contributed by atoms with Gasteiger partial charge in [0.2, 0.25) is 5.91 Å². The number of nitrogens with zero attached hydrogens (tertiary/aromatic N) is 2. The summed E-state index contributed by atoms with van der Waals surface area (Å²) in [5.41, 5.74) is 6.59. The number of carbonyl (C=O) groups is 1. The highest BCUT2D eigenvalue weighted by Crippen LogP contribution is 2.39. The Morgan fingerprint density at radius 1 is 1.00 bits per heavy atom. The van der Waals surface area contributed by atoms with E-state index in [-0.39, 0.29) is 30.7 Å². The number of hydrogen-bond acceptors (Lipinski definition) is 4. The number of rotatable bonds is 5. The molecular weight excluding hydrogens is 417 g/mol. The molecule has 1 aromatic heterocycles. The predicted molar refractivity (Wildman–Crippen MR) is 125 cm³/mol. The van der Waals surface area contributed by atoms with Crippen molar-refractivity contribution in [2.24, 2.45) is 0 Å². The minimum atomic E-state index is -0.314. The first-order valence-corrected chi connectivity index (χ1v) is 11.8. The van der Waals surface area contributed by atoms with Crippen LogP contribution in [0.25, 0.3) is 11.3 Å². The highest BCUT2D eigenvalue weighted by atomic mass is 19.1. The van der Waals surface area contributed by atoms with Gasteiger partial charge in [-0.3, -0.25) is 4.79 Å². The fourth-order valence-electron chi connectivity index (χ4n) is 5.03. The van der Waals surface area contributed by atoms with E-state index in [1.54, 1.807) is 12.1 Å². The summed E-state index contributed by atoms with van der Waals surface area (Å²) in [5.74, 6) is 0.366. The van der Waals surface area contributed by atoms with E-state index in [0.29, 0.717) is 5.82 Å². The molecular formula is C27H28FN3O2. The Bertz CT molecular complexity index is 1170. The lowest BCUT2D eigenvalue weighted by Gasteiger charge is -2.26. The molecule has 0 atom stereocenters. The zero-order chi connectivity index (χ0) is 22.8. The van der Waals surface area contributed by atoms with Crippen LogP contribution in [-0.2, 0) is 30.7 Å². The van der Waals surface area contributed by atoms with Crippen LogP contribution >= 0.6 is 0 Å². The van der Waals surface area contributed by atoms with Gasteiger partial charge in [0.15, 0.2) is 5.82 Å². The van der Waals surface area contributed by atoms with Gasteiger partial charge in [0.1, 0.15) is 5.82 Å². The molecule has 1 saturated carbocycles. The largest absolute Gasteiger partial charge is 0.392 e. The monoisotopic (exact) mass is 445 g/mol. The summed E-state index contributed by atoms with van der Waals surface area (Å²) in [6.07, 6.45) is 7.37. The normalized spacial score (nSPS) is 15.6. The van der Waals surface area contributed by atoms with Crippen molar-refractivity contribution in [3.05, 3.63) is 76.4 Å². The number of aryl methyl sites for hydroxylation is 2. The van der Waals surface area contributed by atoms with Crippen molar-refractivity contribution in [1.29, 1.82) is 0 Å². The lowest BCUT2D eigenvalue weighted by Crippen LogP contribution is -2.21. The van der Waals surface area contributed by atoms with Crippen molar-refractivity contribution in [2.75, 3.05) is 5.32 Å². The second-order valence-corrected chi connectivity index (χ2v) is 9.09. The molecule has 3 aromatic rings. The van der Waals surface area contributed by atoms with E-state index in [4.69, 9.17) is 9.97 Å². The molecule has 0 spiro atoms. The third-order valence-electron chi connectivity index (χ3n) is 6.76.